The zero-order chi connectivity index (χ0) is 16.2. The van der Waals surface area contributed by atoms with Gasteiger partial charge in [0.1, 0.15) is 17.9 Å². The molecule has 6 nitrogen and oxygen atoms in total. The van der Waals surface area contributed by atoms with Crippen LogP contribution in [0.25, 0.3) is 21.9 Å². The maximum atomic E-state index is 9.66. The molecule has 0 radical (unpaired) electrons. The monoisotopic (exact) mass is 331 g/mol. The first kappa shape index (κ1) is 16.0. The predicted molar refractivity (Wildman–Crippen MR) is 96.1 cm³/mol. The molecule has 0 aliphatic rings. The maximum absolute atomic E-state index is 9.66. The number of aliphatic hydroxyl groups is 1. The first-order valence-electron chi connectivity index (χ1n) is 7.66. The number of imidazole rings is 1. The van der Waals surface area contributed by atoms with E-state index < -0.39 is 0 Å². The Hall–Kier alpha value is -1.83. The number of nitrogens with zero attached hydrogens (tertiary/aromatic N) is 3. The first-order chi connectivity index (χ1) is 11.3. The van der Waals surface area contributed by atoms with Crippen molar-refractivity contribution >= 4 is 39.7 Å². The van der Waals surface area contributed by atoms with Crippen molar-refractivity contribution in [1.82, 2.24) is 19.3 Å². The second-order valence-corrected chi connectivity index (χ2v) is 6.05. The number of unbranched alkanes of at least 4 members (excludes halogenated alkanes) is 1. The number of aliphatic hydroxyl groups excluding tert-OH is 1. The van der Waals surface area contributed by atoms with Gasteiger partial charge in [-0.15, -0.1) is 0 Å². The Balaban J connectivity index is 2.03. The minimum atomic E-state index is -0.106. The molecular weight excluding hydrogens is 310 g/mol. The van der Waals surface area contributed by atoms with Crippen LogP contribution in [0.2, 0.25) is 0 Å². The van der Waals surface area contributed by atoms with Gasteiger partial charge in [0.25, 0.3) is 0 Å². The van der Waals surface area contributed by atoms with Crippen molar-refractivity contribution in [1.29, 1.82) is 0 Å². The number of aryl methyl sites for hydroxylation is 1. The highest BCUT2D eigenvalue weighted by molar-refractivity contribution is 7.96. The summed E-state index contributed by atoms with van der Waals surface area (Å²) in [5.74, 6) is 1.05. The lowest BCUT2D eigenvalue weighted by molar-refractivity contribution is 0.265. The van der Waals surface area contributed by atoms with E-state index in [-0.39, 0.29) is 6.61 Å². The Morgan fingerprint density at radius 3 is 2.87 bits per heavy atom. The third-order valence-corrected chi connectivity index (χ3v) is 4.38. The van der Waals surface area contributed by atoms with Crippen LogP contribution in [0.5, 0.6) is 0 Å². The van der Waals surface area contributed by atoms with E-state index >= 15 is 0 Å². The summed E-state index contributed by atoms with van der Waals surface area (Å²) < 4.78 is 5.32. The molecule has 3 aromatic rings. The molecule has 4 N–H and O–H groups in total. The number of nitrogens with two attached hydrogens (primary N) is 1. The standard InChI is InChI=1S/C16H21N5OS/c1-23-18-8-4-5-9-21-13(10-22)20-14-15(21)11-6-2-3-7-12(11)19-16(14)17/h2-3,6-7,18,22H,4-5,8-10H2,1H3,(H2,17,19). The number of nitrogens with one attached hydrogen (secondary N) is 1. The average molecular weight is 331 g/mol. The van der Waals surface area contributed by atoms with Crippen LogP contribution in [0.1, 0.15) is 18.7 Å². The molecule has 2 heterocycles. The Labute approximate surface area is 139 Å². The lowest BCUT2D eigenvalue weighted by atomic mass is 10.2. The molecule has 1 aromatic carbocycles. The van der Waals surface area contributed by atoms with E-state index in [1.54, 1.807) is 11.9 Å². The lowest BCUT2D eigenvalue weighted by Gasteiger charge is -2.10. The summed E-state index contributed by atoms with van der Waals surface area (Å²) in [6.45, 7) is 1.66. The van der Waals surface area contributed by atoms with Crippen LogP contribution < -0.4 is 10.5 Å². The molecule has 122 valence electrons. The van der Waals surface area contributed by atoms with E-state index in [0.29, 0.717) is 17.2 Å². The normalized spacial score (nSPS) is 11.6. The quantitative estimate of drug-likeness (QED) is 0.455. The zero-order valence-corrected chi connectivity index (χ0v) is 13.9. The molecule has 2 aromatic heterocycles. The summed E-state index contributed by atoms with van der Waals surface area (Å²) in [7, 11) is 0. The van der Waals surface area contributed by atoms with E-state index in [2.05, 4.69) is 19.3 Å². The molecule has 23 heavy (non-hydrogen) atoms. The predicted octanol–water partition coefficient (Wildman–Crippen LogP) is 2.31. The number of pyridine rings is 1. The Morgan fingerprint density at radius 2 is 2.09 bits per heavy atom. The van der Waals surface area contributed by atoms with Crippen molar-refractivity contribution < 1.29 is 5.11 Å². The average Bonchev–Trinajstić information content (AvgIpc) is 2.94. The zero-order valence-electron chi connectivity index (χ0n) is 13.1. The van der Waals surface area contributed by atoms with Crippen molar-refractivity contribution in [2.45, 2.75) is 26.0 Å². The van der Waals surface area contributed by atoms with Crippen LogP contribution in [0.3, 0.4) is 0 Å². The third-order valence-electron chi connectivity index (χ3n) is 3.89. The maximum Gasteiger partial charge on any atom is 0.152 e. The van der Waals surface area contributed by atoms with Gasteiger partial charge < -0.3 is 15.4 Å². The van der Waals surface area contributed by atoms with Crippen molar-refractivity contribution in [2.24, 2.45) is 0 Å². The number of fused-ring (bicyclic) bond motifs is 3. The van der Waals surface area contributed by atoms with Gasteiger partial charge in [0, 0.05) is 18.5 Å². The van der Waals surface area contributed by atoms with E-state index in [1.807, 2.05) is 30.5 Å². The molecule has 0 spiro atoms. The Kier molecular flexibility index (Phi) is 5.00. The number of nitrogen functional groups attached to an aromatic ring is 1. The van der Waals surface area contributed by atoms with Crippen LogP contribution in [-0.2, 0) is 13.2 Å². The fourth-order valence-corrected chi connectivity index (χ4v) is 3.18. The van der Waals surface area contributed by atoms with Gasteiger partial charge in [-0.05, 0) is 25.2 Å². The Morgan fingerprint density at radius 1 is 1.26 bits per heavy atom. The van der Waals surface area contributed by atoms with E-state index in [0.717, 1.165) is 42.4 Å². The minimum absolute atomic E-state index is 0.106. The second-order valence-electron chi connectivity index (χ2n) is 5.35. The highest BCUT2D eigenvalue weighted by Crippen LogP contribution is 2.29. The highest BCUT2D eigenvalue weighted by Gasteiger charge is 2.16. The summed E-state index contributed by atoms with van der Waals surface area (Å²) in [5, 5.41) is 10.7. The number of benzene rings is 1. The van der Waals surface area contributed by atoms with Crippen LogP contribution in [0.15, 0.2) is 24.3 Å². The highest BCUT2D eigenvalue weighted by atomic mass is 32.2. The van der Waals surface area contributed by atoms with Crippen molar-refractivity contribution in [3.63, 3.8) is 0 Å². The smallest absolute Gasteiger partial charge is 0.152 e. The van der Waals surface area contributed by atoms with Crippen LogP contribution in [-0.4, -0.2) is 32.4 Å². The second kappa shape index (κ2) is 7.16. The Bertz CT molecular complexity index is 817. The molecule has 3 rings (SSSR count). The van der Waals surface area contributed by atoms with Gasteiger partial charge in [-0.1, -0.05) is 30.1 Å². The molecule has 0 aliphatic heterocycles. The van der Waals surface area contributed by atoms with Crippen LogP contribution in [0.4, 0.5) is 5.82 Å². The molecule has 0 amide bonds. The fraction of sp³-hybridized carbons (Fsp3) is 0.375. The van der Waals surface area contributed by atoms with Crippen molar-refractivity contribution in [3.8, 4) is 0 Å². The number of hydrogen-bond acceptors (Lipinski definition) is 6. The van der Waals surface area contributed by atoms with Crippen molar-refractivity contribution in [2.75, 3.05) is 18.5 Å². The molecule has 0 aliphatic carbocycles. The molecular formula is C16H21N5OS. The molecule has 0 bridgehead atoms. The van der Waals surface area contributed by atoms with Gasteiger partial charge in [0.05, 0.1) is 11.0 Å². The topological polar surface area (TPSA) is 89.0 Å². The van der Waals surface area contributed by atoms with Gasteiger partial charge in [0.15, 0.2) is 5.82 Å². The third kappa shape index (κ3) is 3.12. The van der Waals surface area contributed by atoms with Gasteiger partial charge in [0.2, 0.25) is 0 Å². The summed E-state index contributed by atoms with van der Waals surface area (Å²) >= 11 is 1.63. The first-order valence-corrected chi connectivity index (χ1v) is 8.88. The van der Waals surface area contributed by atoms with E-state index in [9.17, 15) is 5.11 Å². The number of anilines is 1. The number of para-hydroxylation sites is 1. The van der Waals surface area contributed by atoms with Gasteiger partial charge in [-0.2, -0.15) is 0 Å². The summed E-state index contributed by atoms with van der Waals surface area (Å²) in [5.41, 5.74) is 8.57. The minimum Gasteiger partial charge on any atom is -0.388 e. The van der Waals surface area contributed by atoms with Crippen LogP contribution >= 0.6 is 11.9 Å². The number of aromatic nitrogens is 3. The molecule has 0 fully saturated rings. The molecule has 0 atom stereocenters. The number of rotatable bonds is 7. The molecule has 7 heteroatoms. The van der Waals surface area contributed by atoms with Gasteiger partial charge in [-0.3, -0.25) is 4.72 Å². The van der Waals surface area contributed by atoms with E-state index in [4.69, 9.17) is 5.73 Å². The summed E-state index contributed by atoms with van der Waals surface area (Å²) in [4.78, 5) is 8.92. The van der Waals surface area contributed by atoms with Gasteiger partial charge >= 0.3 is 0 Å². The fourth-order valence-electron chi connectivity index (χ4n) is 2.84. The molecule has 0 saturated carbocycles. The summed E-state index contributed by atoms with van der Waals surface area (Å²) in [6.07, 6.45) is 4.08. The van der Waals surface area contributed by atoms with Crippen LogP contribution in [0, 0.1) is 0 Å². The summed E-state index contributed by atoms with van der Waals surface area (Å²) in [6, 6.07) is 7.91. The molecule has 0 saturated heterocycles. The lowest BCUT2D eigenvalue weighted by Crippen LogP contribution is -2.08. The van der Waals surface area contributed by atoms with Crippen molar-refractivity contribution in [3.05, 3.63) is 30.1 Å². The SMILES string of the molecule is CSNCCCCn1c(CO)nc2c(N)nc3ccccc3c21. The largest absolute Gasteiger partial charge is 0.388 e. The molecule has 0 unspecified atom stereocenters. The van der Waals surface area contributed by atoms with E-state index in [1.165, 1.54) is 0 Å². The number of hydrogen-bond donors (Lipinski definition) is 3. The van der Waals surface area contributed by atoms with Gasteiger partial charge in [-0.25, -0.2) is 9.97 Å².